The van der Waals surface area contributed by atoms with E-state index in [2.05, 4.69) is 6.58 Å². The normalized spacial score (nSPS) is 11.3. The second-order valence-corrected chi connectivity index (χ2v) is 8.64. The standard InChI is InChI=1S/C28H55ClO11/c1-2-30-9-10-32-13-14-34-17-18-36-21-22-38-25-26-40-28-27-39-24-23-37-20-19-35-16-15-33-12-11-31-8-6-4-3-5-7-29/h2H,1,3-28H2. The van der Waals surface area contributed by atoms with Crippen LogP contribution in [0, 0.1) is 0 Å². The molecule has 0 aromatic rings. The molecule has 0 saturated heterocycles. The molecule has 0 aliphatic rings. The van der Waals surface area contributed by atoms with Crippen molar-refractivity contribution in [3.05, 3.63) is 12.8 Å². The monoisotopic (exact) mass is 602 g/mol. The Balaban J connectivity index is 3.02. The van der Waals surface area contributed by atoms with Crippen LogP contribution >= 0.6 is 11.6 Å². The summed E-state index contributed by atoms with van der Waals surface area (Å²) in [5.74, 6) is 0.745. The van der Waals surface area contributed by atoms with Crippen LogP contribution in [0.25, 0.3) is 0 Å². The van der Waals surface area contributed by atoms with Crippen LogP contribution in [0.15, 0.2) is 12.8 Å². The van der Waals surface area contributed by atoms with E-state index < -0.39 is 0 Å². The first-order valence-corrected chi connectivity index (χ1v) is 15.0. The topological polar surface area (TPSA) is 102 Å². The highest BCUT2D eigenvalue weighted by Gasteiger charge is 1.96. The number of alkyl halides is 1. The summed E-state index contributed by atoms with van der Waals surface area (Å²) in [6, 6.07) is 0. The zero-order chi connectivity index (χ0) is 28.9. The Morgan fingerprint density at radius 3 is 0.850 bits per heavy atom. The Bertz CT molecular complexity index is 464. The van der Waals surface area contributed by atoms with Gasteiger partial charge in [-0.25, -0.2) is 0 Å². The predicted molar refractivity (Wildman–Crippen MR) is 154 cm³/mol. The van der Waals surface area contributed by atoms with Crippen LogP contribution in [-0.4, -0.2) is 145 Å². The van der Waals surface area contributed by atoms with Crippen LogP contribution in [0.3, 0.4) is 0 Å². The Labute approximate surface area is 246 Å². The molecule has 0 heterocycles. The summed E-state index contributed by atoms with van der Waals surface area (Å²) in [4.78, 5) is 0. The molecule has 0 amide bonds. The Morgan fingerprint density at radius 1 is 0.325 bits per heavy atom. The van der Waals surface area contributed by atoms with Crippen molar-refractivity contribution < 1.29 is 52.1 Å². The fourth-order valence-electron chi connectivity index (χ4n) is 2.92. The molecule has 0 unspecified atom stereocenters. The van der Waals surface area contributed by atoms with Gasteiger partial charge in [0.1, 0.15) is 6.61 Å². The molecule has 11 nitrogen and oxygen atoms in total. The van der Waals surface area contributed by atoms with Gasteiger partial charge in [0.05, 0.1) is 132 Å². The highest BCUT2D eigenvalue weighted by molar-refractivity contribution is 6.17. The van der Waals surface area contributed by atoms with E-state index in [1.165, 1.54) is 19.1 Å². The molecule has 0 rings (SSSR count). The minimum atomic E-state index is 0.504. The van der Waals surface area contributed by atoms with Crippen molar-refractivity contribution in [3.8, 4) is 0 Å². The van der Waals surface area contributed by atoms with Gasteiger partial charge in [-0.05, 0) is 12.8 Å². The van der Waals surface area contributed by atoms with Gasteiger partial charge in [0, 0.05) is 12.5 Å². The molecule has 0 aliphatic carbocycles. The molecule has 0 aliphatic heterocycles. The van der Waals surface area contributed by atoms with E-state index >= 15 is 0 Å². The summed E-state index contributed by atoms with van der Waals surface area (Å²) in [5, 5.41) is 0. The molecule has 0 aromatic carbocycles. The SMILES string of the molecule is C=COCCOCCOCCOCCOCCOCCOCCOCCOCCOCCOCCCCCCCl. The van der Waals surface area contributed by atoms with Crippen molar-refractivity contribution in [2.75, 3.05) is 145 Å². The number of halogens is 1. The summed E-state index contributed by atoms with van der Waals surface area (Å²) in [7, 11) is 0. The van der Waals surface area contributed by atoms with Gasteiger partial charge in [-0.15, -0.1) is 11.6 Å². The van der Waals surface area contributed by atoms with Crippen molar-refractivity contribution in [1.82, 2.24) is 0 Å². The van der Waals surface area contributed by atoms with Gasteiger partial charge in [0.2, 0.25) is 0 Å². The van der Waals surface area contributed by atoms with E-state index in [4.69, 9.17) is 63.7 Å². The highest BCUT2D eigenvalue weighted by atomic mass is 35.5. The fraction of sp³-hybridized carbons (Fsp3) is 0.929. The summed E-state index contributed by atoms with van der Waals surface area (Å²) < 4.78 is 59.4. The van der Waals surface area contributed by atoms with Crippen molar-refractivity contribution in [3.63, 3.8) is 0 Å². The fourth-order valence-corrected chi connectivity index (χ4v) is 3.11. The van der Waals surface area contributed by atoms with Gasteiger partial charge in [-0.2, -0.15) is 0 Å². The molecular weight excluding hydrogens is 548 g/mol. The maximum absolute atomic E-state index is 5.65. The molecule has 240 valence electrons. The second kappa shape index (κ2) is 38.4. The lowest BCUT2D eigenvalue weighted by atomic mass is 10.2. The first kappa shape index (κ1) is 39.4. The number of ether oxygens (including phenoxy) is 11. The van der Waals surface area contributed by atoms with Crippen molar-refractivity contribution >= 4 is 11.6 Å². The molecular formula is C28H55ClO11. The van der Waals surface area contributed by atoms with E-state index in [0.717, 1.165) is 25.3 Å². The summed E-state index contributed by atoms with van der Waals surface area (Å²) >= 11 is 5.65. The van der Waals surface area contributed by atoms with Crippen LogP contribution in [-0.2, 0) is 52.1 Å². The van der Waals surface area contributed by atoms with Gasteiger partial charge in [0.25, 0.3) is 0 Å². The highest BCUT2D eigenvalue weighted by Crippen LogP contribution is 2.01. The number of unbranched alkanes of at least 4 members (excludes halogenated alkanes) is 3. The molecule has 40 heavy (non-hydrogen) atoms. The first-order chi connectivity index (χ1) is 19.9. The van der Waals surface area contributed by atoms with E-state index in [1.807, 2.05) is 0 Å². The third kappa shape index (κ3) is 37.4. The largest absolute Gasteiger partial charge is 0.499 e. The summed E-state index contributed by atoms with van der Waals surface area (Å²) in [6.07, 6.45) is 5.90. The van der Waals surface area contributed by atoms with Gasteiger partial charge in [-0.1, -0.05) is 19.4 Å². The van der Waals surface area contributed by atoms with E-state index in [-0.39, 0.29) is 0 Å². The second-order valence-electron chi connectivity index (χ2n) is 8.26. The van der Waals surface area contributed by atoms with Crippen LogP contribution in [0.5, 0.6) is 0 Å². The molecule has 0 N–H and O–H groups in total. The van der Waals surface area contributed by atoms with E-state index in [1.54, 1.807) is 0 Å². The lowest BCUT2D eigenvalue weighted by molar-refractivity contribution is -0.0269. The molecule has 0 saturated carbocycles. The van der Waals surface area contributed by atoms with Gasteiger partial charge in [-0.3, -0.25) is 0 Å². The molecule has 0 aromatic heterocycles. The zero-order valence-electron chi connectivity index (χ0n) is 24.5. The Morgan fingerprint density at radius 2 is 0.575 bits per heavy atom. The Hall–Kier alpha value is -0.570. The number of rotatable bonds is 37. The van der Waals surface area contributed by atoms with E-state index in [9.17, 15) is 0 Å². The number of hydrogen-bond acceptors (Lipinski definition) is 11. The lowest BCUT2D eigenvalue weighted by Gasteiger charge is -2.09. The van der Waals surface area contributed by atoms with Crippen molar-refractivity contribution in [2.24, 2.45) is 0 Å². The quantitative estimate of drug-likeness (QED) is 0.0595. The van der Waals surface area contributed by atoms with Crippen LogP contribution < -0.4 is 0 Å². The average molecular weight is 603 g/mol. The van der Waals surface area contributed by atoms with Gasteiger partial charge < -0.3 is 52.1 Å². The molecule has 0 bridgehead atoms. The van der Waals surface area contributed by atoms with Gasteiger partial charge in [0.15, 0.2) is 0 Å². The maximum atomic E-state index is 5.65. The molecule has 12 heteroatoms. The van der Waals surface area contributed by atoms with Gasteiger partial charge >= 0.3 is 0 Å². The Kier molecular flexibility index (Phi) is 37.9. The molecule has 0 fully saturated rings. The third-order valence-corrected chi connectivity index (χ3v) is 5.25. The summed E-state index contributed by atoms with van der Waals surface area (Å²) in [5.41, 5.74) is 0. The molecule has 0 atom stereocenters. The van der Waals surface area contributed by atoms with Crippen LogP contribution in [0.1, 0.15) is 25.7 Å². The average Bonchev–Trinajstić information content (AvgIpc) is 2.97. The van der Waals surface area contributed by atoms with Crippen molar-refractivity contribution in [2.45, 2.75) is 25.7 Å². The minimum absolute atomic E-state index is 0.504. The smallest absolute Gasteiger partial charge is 0.111 e. The predicted octanol–water partition coefficient (Wildman–Crippen LogP) is 3.11. The van der Waals surface area contributed by atoms with Crippen LogP contribution in [0.4, 0.5) is 0 Å². The lowest BCUT2D eigenvalue weighted by Crippen LogP contribution is -2.15. The minimum Gasteiger partial charge on any atom is -0.499 e. The first-order valence-electron chi connectivity index (χ1n) is 14.5. The summed E-state index contributed by atoms with van der Waals surface area (Å²) in [6.45, 7) is 14.9. The third-order valence-electron chi connectivity index (χ3n) is 4.98. The number of hydrogen-bond donors (Lipinski definition) is 0. The molecule has 0 radical (unpaired) electrons. The van der Waals surface area contributed by atoms with E-state index in [0.29, 0.717) is 132 Å². The van der Waals surface area contributed by atoms with Crippen LogP contribution in [0.2, 0.25) is 0 Å². The van der Waals surface area contributed by atoms with Crippen molar-refractivity contribution in [1.29, 1.82) is 0 Å². The zero-order valence-corrected chi connectivity index (χ0v) is 25.3. The maximum Gasteiger partial charge on any atom is 0.111 e. The molecule has 0 spiro atoms.